The van der Waals surface area contributed by atoms with Gasteiger partial charge in [-0.05, 0) is 89.9 Å². The molecular weight excluding hydrogens is 877 g/mol. The number of hydrogen-bond acceptors (Lipinski definition) is 6. The third-order valence-electron chi connectivity index (χ3n) is 12.3. The normalized spacial score (nSPS) is 12.9. The van der Waals surface area contributed by atoms with E-state index < -0.39 is 6.10 Å². The van der Waals surface area contributed by atoms with E-state index in [2.05, 4.69) is 130 Å². The lowest BCUT2D eigenvalue weighted by Crippen LogP contribution is -2.30. The Hall–Kier alpha value is -3.93. The number of esters is 3. The minimum Gasteiger partial charge on any atom is -0.462 e. The predicted octanol–water partition coefficient (Wildman–Crippen LogP) is 19.9. The van der Waals surface area contributed by atoms with E-state index in [0.717, 1.165) is 135 Å². The third kappa shape index (κ3) is 56.9. The van der Waals surface area contributed by atoms with Crippen LogP contribution in [0.25, 0.3) is 0 Å². The Morgan fingerprint density at radius 3 is 0.859 bits per heavy atom. The Bertz CT molecular complexity index is 1460. The average Bonchev–Trinajstić information content (AvgIpc) is 3.37. The molecule has 0 aromatic rings. The molecule has 0 bridgehead atoms. The Morgan fingerprint density at radius 1 is 0.296 bits per heavy atom. The summed E-state index contributed by atoms with van der Waals surface area (Å²) in [6.45, 7) is 6.48. The minimum absolute atomic E-state index is 0.0813. The van der Waals surface area contributed by atoms with Crippen molar-refractivity contribution in [1.82, 2.24) is 0 Å². The van der Waals surface area contributed by atoms with Crippen LogP contribution in [0.4, 0.5) is 0 Å². The van der Waals surface area contributed by atoms with Gasteiger partial charge in [0.25, 0.3) is 0 Å². The van der Waals surface area contributed by atoms with Crippen LogP contribution in [0.3, 0.4) is 0 Å². The zero-order chi connectivity index (χ0) is 51.4. The van der Waals surface area contributed by atoms with Crippen molar-refractivity contribution in [2.45, 2.75) is 271 Å². The molecule has 0 fully saturated rings. The standard InChI is InChI=1S/C65H108O6/c1-4-7-10-13-16-19-22-23-24-25-26-27-28-29-30-31-32-33-34-35-36-37-38-39-40-41-42-43-44-47-49-52-55-58-64(67)70-61-62(71-65(68)59-56-53-50-46-21-18-15-12-9-6-3)60-69-63(66)57-54-51-48-45-20-17-14-11-8-5-2/h7,10,16,19,23-24,26-27,29-30,32-33,35-36,38-39,41-42,62H,4-6,8-9,11-15,17-18,20-22,25,28,31,34,37,40,43-61H2,1-3H3/b10-7-,19-16-,24-23-,27-26-,30-29-,33-32-,36-35-,39-38-,42-41-. The Balaban J connectivity index is 4.19. The van der Waals surface area contributed by atoms with Crippen molar-refractivity contribution < 1.29 is 28.6 Å². The van der Waals surface area contributed by atoms with Gasteiger partial charge in [0.2, 0.25) is 0 Å². The SMILES string of the molecule is CC/C=C\C/C=C\C/C=C\C/C=C\C/C=C\C/C=C\C/C=C\C/C=C\C/C=C\CCCCCCCC(=O)OCC(COC(=O)CCCCCCCCCCCC)OC(=O)CCCCCCCCCCCC. The lowest BCUT2D eigenvalue weighted by atomic mass is 10.1. The molecule has 404 valence electrons. The first-order valence-electron chi connectivity index (χ1n) is 29.4. The summed E-state index contributed by atoms with van der Waals surface area (Å²) in [6, 6.07) is 0. The maximum Gasteiger partial charge on any atom is 0.306 e. The number of hydrogen-bond donors (Lipinski definition) is 0. The van der Waals surface area contributed by atoms with Crippen LogP contribution in [0.1, 0.15) is 265 Å². The van der Waals surface area contributed by atoms with E-state index in [1.165, 1.54) is 89.9 Å². The Kier molecular flexibility index (Phi) is 55.4. The summed E-state index contributed by atoms with van der Waals surface area (Å²) in [6.07, 6.45) is 79.6. The molecular formula is C65H108O6. The first kappa shape index (κ1) is 67.1. The van der Waals surface area contributed by atoms with E-state index >= 15 is 0 Å². The monoisotopic (exact) mass is 985 g/mol. The summed E-state index contributed by atoms with van der Waals surface area (Å²) in [5, 5.41) is 0. The highest BCUT2D eigenvalue weighted by Crippen LogP contribution is 2.15. The van der Waals surface area contributed by atoms with Crippen LogP contribution >= 0.6 is 0 Å². The fourth-order valence-electron chi connectivity index (χ4n) is 7.91. The van der Waals surface area contributed by atoms with Gasteiger partial charge in [-0.25, -0.2) is 0 Å². The number of unbranched alkanes of at least 4 members (excludes halogenated alkanes) is 23. The highest BCUT2D eigenvalue weighted by molar-refractivity contribution is 5.71. The average molecular weight is 986 g/mol. The summed E-state index contributed by atoms with van der Waals surface area (Å²) in [7, 11) is 0. The number of allylic oxidation sites excluding steroid dienone is 18. The molecule has 0 aliphatic rings. The Morgan fingerprint density at radius 2 is 0.549 bits per heavy atom. The van der Waals surface area contributed by atoms with Crippen molar-refractivity contribution in [2.75, 3.05) is 13.2 Å². The number of rotatable bonds is 52. The van der Waals surface area contributed by atoms with Crippen LogP contribution in [0.5, 0.6) is 0 Å². The molecule has 0 heterocycles. The molecule has 1 unspecified atom stereocenters. The van der Waals surface area contributed by atoms with E-state index in [9.17, 15) is 14.4 Å². The van der Waals surface area contributed by atoms with E-state index in [0.29, 0.717) is 19.3 Å². The second kappa shape index (κ2) is 58.6. The van der Waals surface area contributed by atoms with Crippen molar-refractivity contribution in [3.8, 4) is 0 Å². The minimum atomic E-state index is -0.781. The zero-order valence-corrected chi connectivity index (χ0v) is 46.2. The molecule has 71 heavy (non-hydrogen) atoms. The number of carbonyl (C=O) groups is 3. The van der Waals surface area contributed by atoms with E-state index in [4.69, 9.17) is 14.2 Å². The molecule has 0 N–H and O–H groups in total. The van der Waals surface area contributed by atoms with Crippen molar-refractivity contribution in [3.05, 3.63) is 109 Å². The largest absolute Gasteiger partial charge is 0.462 e. The smallest absolute Gasteiger partial charge is 0.306 e. The molecule has 0 aliphatic heterocycles. The van der Waals surface area contributed by atoms with Gasteiger partial charge in [-0.15, -0.1) is 0 Å². The number of ether oxygens (including phenoxy) is 3. The van der Waals surface area contributed by atoms with E-state index in [1.807, 2.05) is 0 Å². The van der Waals surface area contributed by atoms with Gasteiger partial charge in [-0.2, -0.15) is 0 Å². The summed E-state index contributed by atoms with van der Waals surface area (Å²) in [5.41, 5.74) is 0. The lowest BCUT2D eigenvalue weighted by Gasteiger charge is -2.18. The Labute approximate surface area is 438 Å². The van der Waals surface area contributed by atoms with Crippen LogP contribution in [0.15, 0.2) is 109 Å². The second-order valence-electron chi connectivity index (χ2n) is 19.2. The van der Waals surface area contributed by atoms with Gasteiger partial charge in [0, 0.05) is 19.3 Å². The van der Waals surface area contributed by atoms with Gasteiger partial charge in [0.15, 0.2) is 6.10 Å². The zero-order valence-electron chi connectivity index (χ0n) is 46.2. The molecule has 0 rings (SSSR count). The summed E-state index contributed by atoms with van der Waals surface area (Å²) in [4.78, 5) is 37.9. The first-order valence-corrected chi connectivity index (χ1v) is 29.4. The highest BCUT2D eigenvalue weighted by atomic mass is 16.6. The molecule has 0 aliphatic carbocycles. The predicted molar refractivity (Wildman–Crippen MR) is 307 cm³/mol. The van der Waals surface area contributed by atoms with Gasteiger partial charge in [-0.1, -0.05) is 265 Å². The summed E-state index contributed by atoms with van der Waals surface area (Å²) >= 11 is 0. The van der Waals surface area contributed by atoms with Gasteiger partial charge in [0.1, 0.15) is 13.2 Å². The highest BCUT2D eigenvalue weighted by Gasteiger charge is 2.19. The fourth-order valence-corrected chi connectivity index (χ4v) is 7.91. The topological polar surface area (TPSA) is 78.9 Å². The molecule has 0 radical (unpaired) electrons. The molecule has 0 aromatic carbocycles. The van der Waals surface area contributed by atoms with Gasteiger partial charge in [-0.3, -0.25) is 14.4 Å². The maximum atomic E-state index is 12.8. The molecule has 0 aromatic heterocycles. The molecule has 0 saturated heterocycles. The van der Waals surface area contributed by atoms with Crippen LogP contribution in [0.2, 0.25) is 0 Å². The summed E-state index contributed by atoms with van der Waals surface area (Å²) in [5.74, 6) is -0.903. The van der Waals surface area contributed by atoms with Crippen LogP contribution in [0, 0.1) is 0 Å². The van der Waals surface area contributed by atoms with Crippen LogP contribution < -0.4 is 0 Å². The van der Waals surface area contributed by atoms with Gasteiger partial charge < -0.3 is 14.2 Å². The van der Waals surface area contributed by atoms with Crippen molar-refractivity contribution in [2.24, 2.45) is 0 Å². The van der Waals surface area contributed by atoms with Crippen molar-refractivity contribution in [3.63, 3.8) is 0 Å². The molecule has 6 heteroatoms. The van der Waals surface area contributed by atoms with Crippen molar-refractivity contribution >= 4 is 17.9 Å². The number of carbonyl (C=O) groups excluding carboxylic acids is 3. The van der Waals surface area contributed by atoms with Gasteiger partial charge in [0.05, 0.1) is 0 Å². The van der Waals surface area contributed by atoms with E-state index in [1.54, 1.807) is 0 Å². The van der Waals surface area contributed by atoms with Crippen molar-refractivity contribution in [1.29, 1.82) is 0 Å². The summed E-state index contributed by atoms with van der Waals surface area (Å²) < 4.78 is 16.8. The molecule has 1 atom stereocenters. The second-order valence-corrected chi connectivity index (χ2v) is 19.2. The fraction of sp³-hybridized carbons (Fsp3) is 0.677. The molecule has 0 spiro atoms. The van der Waals surface area contributed by atoms with E-state index in [-0.39, 0.29) is 31.1 Å². The molecule has 0 amide bonds. The van der Waals surface area contributed by atoms with Crippen LogP contribution in [-0.4, -0.2) is 37.2 Å². The maximum absolute atomic E-state index is 12.8. The molecule has 0 saturated carbocycles. The van der Waals surface area contributed by atoms with Gasteiger partial charge >= 0.3 is 17.9 Å². The quantitative estimate of drug-likeness (QED) is 0.0261. The molecule has 6 nitrogen and oxygen atoms in total. The lowest BCUT2D eigenvalue weighted by molar-refractivity contribution is -0.167. The first-order chi connectivity index (χ1) is 35.0. The van der Waals surface area contributed by atoms with Crippen LogP contribution in [-0.2, 0) is 28.6 Å². The third-order valence-corrected chi connectivity index (χ3v) is 12.3.